The van der Waals surface area contributed by atoms with Gasteiger partial charge in [0.15, 0.2) is 0 Å². The van der Waals surface area contributed by atoms with E-state index in [4.69, 9.17) is 0 Å². The number of piperidine rings is 1. The highest BCUT2D eigenvalue weighted by molar-refractivity contribution is 7.13. The van der Waals surface area contributed by atoms with Crippen molar-refractivity contribution >= 4 is 17.2 Å². The fraction of sp³-hybridized carbons (Fsp3) is 0.714. The smallest absolute Gasteiger partial charge is 0.263 e. The molecule has 5 heteroatoms. The molecule has 0 radical (unpaired) electrons. The maximum absolute atomic E-state index is 12.2. The number of hydrogen-bond donors (Lipinski definition) is 1. The zero-order chi connectivity index (χ0) is 13.8. The molecular formula is C14H23N3OS. The van der Waals surface area contributed by atoms with E-state index in [1.165, 1.54) is 17.8 Å². The molecule has 0 aromatic carbocycles. The van der Waals surface area contributed by atoms with Crippen LogP contribution >= 0.6 is 11.3 Å². The minimum atomic E-state index is 0.0346. The van der Waals surface area contributed by atoms with Crippen LogP contribution in [0.2, 0.25) is 0 Å². The van der Waals surface area contributed by atoms with Crippen LogP contribution in [0.5, 0.6) is 0 Å². The van der Waals surface area contributed by atoms with Gasteiger partial charge in [0.05, 0.1) is 11.2 Å². The third kappa shape index (κ3) is 3.76. The Morgan fingerprint density at radius 2 is 2.42 bits per heavy atom. The first-order valence-electron chi connectivity index (χ1n) is 7.09. The second-order valence-electron chi connectivity index (χ2n) is 5.42. The predicted molar refractivity (Wildman–Crippen MR) is 78.8 cm³/mol. The van der Waals surface area contributed by atoms with Crippen LogP contribution in [0.1, 0.15) is 54.2 Å². The van der Waals surface area contributed by atoms with Gasteiger partial charge in [-0.1, -0.05) is 20.8 Å². The van der Waals surface area contributed by atoms with Gasteiger partial charge in [0.1, 0.15) is 4.88 Å². The largest absolute Gasteiger partial charge is 0.347 e. The van der Waals surface area contributed by atoms with E-state index in [2.05, 4.69) is 36.0 Å². The van der Waals surface area contributed by atoms with Crippen LogP contribution in [0, 0.1) is 0 Å². The molecule has 0 spiro atoms. The highest BCUT2D eigenvalue weighted by Gasteiger charge is 2.21. The van der Waals surface area contributed by atoms with Crippen LogP contribution in [0.15, 0.2) is 6.20 Å². The number of nitrogens with one attached hydrogen (secondary N) is 1. The van der Waals surface area contributed by atoms with Gasteiger partial charge in [0, 0.05) is 18.5 Å². The molecule has 1 aromatic heterocycles. The van der Waals surface area contributed by atoms with E-state index in [1.807, 2.05) is 0 Å². The molecule has 1 fully saturated rings. The summed E-state index contributed by atoms with van der Waals surface area (Å²) < 4.78 is 0. The van der Waals surface area contributed by atoms with Gasteiger partial charge in [-0.25, -0.2) is 4.98 Å². The van der Waals surface area contributed by atoms with E-state index in [0.29, 0.717) is 5.92 Å². The van der Waals surface area contributed by atoms with E-state index >= 15 is 0 Å². The number of aromatic nitrogens is 1. The van der Waals surface area contributed by atoms with Gasteiger partial charge >= 0.3 is 0 Å². The van der Waals surface area contributed by atoms with Gasteiger partial charge in [-0.2, -0.15) is 0 Å². The zero-order valence-electron chi connectivity index (χ0n) is 12.0. The summed E-state index contributed by atoms with van der Waals surface area (Å²) in [6, 6.07) is 0.283. The van der Waals surface area contributed by atoms with Crippen molar-refractivity contribution in [2.45, 2.75) is 45.6 Å². The van der Waals surface area contributed by atoms with Gasteiger partial charge in [-0.05, 0) is 25.9 Å². The van der Waals surface area contributed by atoms with Crippen molar-refractivity contribution < 1.29 is 4.79 Å². The molecule has 1 aliphatic rings. The lowest BCUT2D eigenvalue weighted by molar-refractivity contribution is 0.0910. The summed E-state index contributed by atoms with van der Waals surface area (Å²) >= 11 is 1.51. The van der Waals surface area contributed by atoms with Crippen molar-refractivity contribution in [2.75, 3.05) is 19.6 Å². The summed E-state index contributed by atoms with van der Waals surface area (Å²) in [5.74, 6) is 0.421. The minimum absolute atomic E-state index is 0.0346. The molecule has 106 valence electrons. The van der Waals surface area contributed by atoms with Crippen LogP contribution in [-0.2, 0) is 0 Å². The lowest BCUT2D eigenvalue weighted by Gasteiger charge is -2.32. The third-order valence-corrected chi connectivity index (χ3v) is 4.83. The summed E-state index contributed by atoms with van der Waals surface area (Å²) in [5, 5.41) is 4.17. The molecule has 1 N–H and O–H groups in total. The molecule has 1 atom stereocenters. The number of hydrogen-bond acceptors (Lipinski definition) is 4. The predicted octanol–water partition coefficient (Wildman–Crippen LogP) is 2.48. The molecule has 1 aliphatic heterocycles. The number of carbonyl (C=O) groups excluding carboxylic acids is 1. The van der Waals surface area contributed by atoms with Crippen LogP contribution in [0.3, 0.4) is 0 Å². The molecule has 0 aliphatic carbocycles. The fourth-order valence-corrected chi connectivity index (χ4v) is 3.20. The monoisotopic (exact) mass is 281 g/mol. The van der Waals surface area contributed by atoms with Crippen molar-refractivity contribution in [1.82, 2.24) is 15.2 Å². The summed E-state index contributed by atoms with van der Waals surface area (Å²) in [7, 11) is 0. The second kappa shape index (κ2) is 6.48. The maximum Gasteiger partial charge on any atom is 0.263 e. The summed E-state index contributed by atoms with van der Waals surface area (Å²) in [6.07, 6.45) is 3.95. The van der Waals surface area contributed by atoms with E-state index in [0.717, 1.165) is 35.9 Å². The number of rotatable bonds is 4. The standard InChI is InChI=1S/C14H23N3OS/c1-4-17-7-5-6-11(9-17)16-13(18)12-8-15-14(19-12)10(2)3/h8,10-11H,4-7,9H2,1-3H3,(H,16,18). The Morgan fingerprint density at radius 1 is 1.63 bits per heavy atom. The van der Waals surface area contributed by atoms with E-state index in [9.17, 15) is 4.79 Å². The fourth-order valence-electron chi connectivity index (χ4n) is 2.38. The molecule has 2 heterocycles. The van der Waals surface area contributed by atoms with Gasteiger partial charge in [-0.15, -0.1) is 11.3 Å². The lowest BCUT2D eigenvalue weighted by Crippen LogP contribution is -2.47. The Hall–Kier alpha value is -0.940. The molecule has 19 heavy (non-hydrogen) atoms. The molecule has 0 bridgehead atoms. The van der Waals surface area contributed by atoms with E-state index in [1.54, 1.807) is 6.20 Å². The highest BCUT2D eigenvalue weighted by Crippen LogP contribution is 2.21. The summed E-state index contributed by atoms with van der Waals surface area (Å²) in [4.78, 5) is 19.6. The van der Waals surface area contributed by atoms with Gasteiger partial charge < -0.3 is 10.2 Å². The molecule has 1 unspecified atom stereocenters. The molecule has 2 rings (SSSR count). The number of likely N-dealkylation sites (N-methyl/N-ethyl adjacent to an activating group) is 1. The maximum atomic E-state index is 12.2. The van der Waals surface area contributed by atoms with Crippen LogP contribution in [-0.4, -0.2) is 41.5 Å². The molecule has 0 saturated carbocycles. The Kier molecular flexibility index (Phi) is 4.93. The highest BCUT2D eigenvalue weighted by atomic mass is 32.1. The van der Waals surface area contributed by atoms with E-state index < -0.39 is 0 Å². The Bertz CT molecular complexity index is 430. The number of thiazole rings is 1. The third-order valence-electron chi connectivity index (χ3n) is 3.53. The second-order valence-corrected chi connectivity index (χ2v) is 6.49. The first kappa shape index (κ1) is 14.5. The Morgan fingerprint density at radius 3 is 3.05 bits per heavy atom. The molecule has 1 aromatic rings. The minimum Gasteiger partial charge on any atom is -0.347 e. The number of nitrogens with zero attached hydrogens (tertiary/aromatic N) is 2. The molecule has 1 amide bonds. The quantitative estimate of drug-likeness (QED) is 0.922. The Labute approximate surface area is 119 Å². The zero-order valence-corrected chi connectivity index (χ0v) is 12.8. The SMILES string of the molecule is CCN1CCCC(NC(=O)c2cnc(C(C)C)s2)C1. The van der Waals surface area contributed by atoms with Crippen LogP contribution < -0.4 is 5.32 Å². The van der Waals surface area contributed by atoms with E-state index in [-0.39, 0.29) is 11.9 Å². The normalized spacial score (nSPS) is 20.7. The molecule has 4 nitrogen and oxygen atoms in total. The Balaban J connectivity index is 1.92. The topological polar surface area (TPSA) is 45.2 Å². The number of likely N-dealkylation sites (tertiary alicyclic amines) is 1. The first-order chi connectivity index (χ1) is 9.10. The molecular weight excluding hydrogens is 258 g/mol. The van der Waals surface area contributed by atoms with Gasteiger partial charge in [0.25, 0.3) is 5.91 Å². The van der Waals surface area contributed by atoms with Crippen molar-refractivity contribution in [3.05, 3.63) is 16.1 Å². The summed E-state index contributed by atoms with van der Waals surface area (Å²) in [6.45, 7) is 9.55. The number of carbonyl (C=O) groups is 1. The van der Waals surface area contributed by atoms with Crippen molar-refractivity contribution in [2.24, 2.45) is 0 Å². The average Bonchev–Trinajstić information content (AvgIpc) is 2.89. The van der Waals surface area contributed by atoms with Crippen molar-refractivity contribution in [1.29, 1.82) is 0 Å². The van der Waals surface area contributed by atoms with Gasteiger partial charge in [-0.3, -0.25) is 4.79 Å². The first-order valence-corrected chi connectivity index (χ1v) is 7.90. The van der Waals surface area contributed by atoms with Crippen molar-refractivity contribution in [3.63, 3.8) is 0 Å². The van der Waals surface area contributed by atoms with Crippen molar-refractivity contribution in [3.8, 4) is 0 Å². The van der Waals surface area contributed by atoms with Gasteiger partial charge in [0.2, 0.25) is 0 Å². The summed E-state index contributed by atoms with van der Waals surface area (Å²) in [5.41, 5.74) is 0. The van der Waals surface area contributed by atoms with Crippen LogP contribution in [0.25, 0.3) is 0 Å². The number of amides is 1. The average molecular weight is 281 g/mol. The van der Waals surface area contributed by atoms with Crippen LogP contribution in [0.4, 0.5) is 0 Å². The lowest BCUT2D eigenvalue weighted by atomic mass is 10.1. The molecule has 1 saturated heterocycles.